The SMILES string of the molecule is CC(C)[C@H](NC(=O)OC(C)(C)C)C(=O)N[C@@H](C)C(=O)Nc1ccc(Cn2c(=O)[nH]cc(F)c2=O)cc1. The summed E-state index contributed by atoms with van der Waals surface area (Å²) >= 11 is 0. The number of benzene rings is 1. The standard InChI is InChI=1S/C24H32FN5O6/c1-13(2)18(29-23(35)36-24(4,5)6)20(32)27-14(3)19(31)28-16-9-7-15(8-10-16)12-30-21(33)17(25)11-26-22(30)34/h7-11,13-14,18H,12H2,1-6H3,(H,26,34)(H,27,32)(H,28,31)(H,29,35)/t14-,18-/m0/s1. The molecule has 1 aromatic heterocycles. The van der Waals surface area contributed by atoms with Crippen LogP contribution in [0.5, 0.6) is 0 Å². The lowest BCUT2D eigenvalue weighted by atomic mass is 10.0. The molecular formula is C24H32FN5O6. The molecule has 2 aromatic rings. The van der Waals surface area contributed by atoms with Crippen molar-refractivity contribution in [3.63, 3.8) is 0 Å². The Hall–Kier alpha value is -3.96. The minimum atomic E-state index is -1.07. The second kappa shape index (κ2) is 11.6. The van der Waals surface area contributed by atoms with Crippen LogP contribution in [0.1, 0.15) is 47.1 Å². The molecule has 2 atom stereocenters. The monoisotopic (exact) mass is 505 g/mol. The fraction of sp³-hybridized carbons (Fsp3) is 0.458. The van der Waals surface area contributed by atoms with Crippen LogP contribution >= 0.6 is 0 Å². The number of hydrogen-bond acceptors (Lipinski definition) is 6. The highest BCUT2D eigenvalue weighted by Gasteiger charge is 2.29. The van der Waals surface area contributed by atoms with Crippen molar-refractivity contribution in [3.8, 4) is 0 Å². The number of amides is 3. The first-order valence-corrected chi connectivity index (χ1v) is 11.4. The number of H-pyrrole nitrogens is 1. The van der Waals surface area contributed by atoms with Crippen LogP contribution in [0.4, 0.5) is 14.9 Å². The fourth-order valence-corrected chi connectivity index (χ4v) is 3.09. The highest BCUT2D eigenvalue weighted by atomic mass is 19.1. The molecule has 11 nitrogen and oxygen atoms in total. The number of carbonyl (C=O) groups is 3. The van der Waals surface area contributed by atoms with Crippen molar-refractivity contribution in [2.24, 2.45) is 5.92 Å². The van der Waals surface area contributed by atoms with Gasteiger partial charge in [0.05, 0.1) is 6.54 Å². The Morgan fingerprint density at radius 2 is 1.64 bits per heavy atom. The van der Waals surface area contributed by atoms with Gasteiger partial charge in [0, 0.05) is 11.9 Å². The molecule has 12 heteroatoms. The summed E-state index contributed by atoms with van der Waals surface area (Å²) in [7, 11) is 0. The molecule has 1 aromatic carbocycles. The van der Waals surface area contributed by atoms with Gasteiger partial charge in [-0.25, -0.2) is 9.59 Å². The van der Waals surface area contributed by atoms with E-state index in [-0.39, 0.29) is 12.5 Å². The van der Waals surface area contributed by atoms with Crippen LogP contribution in [-0.4, -0.2) is 45.1 Å². The van der Waals surface area contributed by atoms with Crippen LogP contribution in [0.3, 0.4) is 0 Å². The first-order valence-electron chi connectivity index (χ1n) is 11.4. The molecule has 0 bridgehead atoms. The largest absolute Gasteiger partial charge is 0.444 e. The number of alkyl carbamates (subject to hydrolysis) is 1. The Morgan fingerprint density at radius 1 is 1.03 bits per heavy atom. The van der Waals surface area contributed by atoms with Gasteiger partial charge in [0.1, 0.15) is 17.7 Å². The van der Waals surface area contributed by atoms with Crippen molar-refractivity contribution in [2.45, 2.75) is 65.8 Å². The smallest absolute Gasteiger partial charge is 0.408 e. The summed E-state index contributed by atoms with van der Waals surface area (Å²) < 4.78 is 19.4. The van der Waals surface area contributed by atoms with Crippen LogP contribution in [0, 0.1) is 11.7 Å². The van der Waals surface area contributed by atoms with Crippen molar-refractivity contribution in [3.05, 3.63) is 62.7 Å². The number of rotatable bonds is 8. The van der Waals surface area contributed by atoms with E-state index in [4.69, 9.17) is 4.74 Å². The maximum Gasteiger partial charge on any atom is 0.408 e. The Morgan fingerprint density at radius 3 is 2.19 bits per heavy atom. The van der Waals surface area contributed by atoms with Crippen LogP contribution in [0.2, 0.25) is 0 Å². The van der Waals surface area contributed by atoms with Crippen molar-refractivity contribution < 1.29 is 23.5 Å². The minimum Gasteiger partial charge on any atom is -0.444 e. The van der Waals surface area contributed by atoms with Gasteiger partial charge >= 0.3 is 11.8 Å². The molecule has 0 saturated heterocycles. The summed E-state index contributed by atoms with van der Waals surface area (Å²) in [6, 6.07) is 4.37. The Bertz CT molecular complexity index is 1210. The van der Waals surface area contributed by atoms with E-state index in [1.807, 2.05) is 0 Å². The quantitative estimate of drug-likeness (QED) is 0.429. The second-order valence-corrected chi connectivity index (χ2v) is 9.62. The van der Waals surface area contributed by atoms with Crippen molar-refractivity contribution in [2.75, 3.05) is 5.32 Å². The maximum absolute atomic E-state index is 13.4. The number of aromatic nitrogens is 2. The predicted molar refractivity (Wildman–Crippen MR) is 131 cm³/mol. The van der Waals surface area contributed by atoms with Gasteiger partial charge in [-0.05, 0) is 51.3 Å². The van der Waals surface area contributed by atoms with Crippen molar-refractivity contribution in [1.29, 1.82) is 0 Å². The zero-order valence-electron chi connectivity index (χ0n) is 21.1. The molecule has 0 radical (unpaired) electrons. The lowest BCUT2D eigenvalue weighted by Crippen LogP contribution is -2.54. The van der Waals surface area contributed by atoms with Crippen LogP contribution in [0.15, 0.2) is 40.1 Å². The van der Waals surface area contributed by atoms with Gasteiger partial charge in [0.2, 0.25) is 17.6 Å². The molecule has 0 aliphatic rings. The van der Waals surface area contributed by atoms with E-state index in [2.05, 4.69) is 20.9 Å². The zero-order chi connectivity index (χ0) is 27.2. The molecule has 0 aliphatic carbocycles. The summed E-state index contributed by atoms with van der Waals surface area (Å²) in [6.07, 6.45) is -0.0347. The number of carbonyl (C=O) groups excluding carboxylic acids is 3. The van der Waals surface area contributed by atoms with Gasteiger partial charge < -0.3 is 25.7 Å². The normalized spacial score (nSPS) is 13.0. The number of nitrogens with one attached hydrogen (secondary N) is 4. The van der Waals surface area contributed by atoms with E-state index >= 15 is 0 Å². The van der Waals surface area contributed by atoms with Gasteiger partial charge in [-0.3, -0.25) is 19.0 Å². The second-order valence-electron chi connectivity index (χ2n) is 9.62. The van der Waals surface area contributed by atoms with E-state index < -0.39 is 52.7 Å². The molecule has 3 amide bonds. The number of ether oxygens (including phenoxy) is 1. The molecule has 0 fully saturated rings. The topological polar surface area (TPSA) is 151 Å². The summed E-state index contributed by atoms with van der Waals surface area (Å²) in [5.74, 6) is -2.39. The molecule has 4 N–H and O–H groups in total. The molecule has 0 spiro atoms. The molecule has 0 aliphatic heterocycles. The number of aromatic amines is 1. The number of nitrogens with zero attached hydrogens (tertiary/aromatic N) is 1. The molecule has 1 heterocycles. The molecule has 2 rings (SSSR count). The van der Waals surface area contributed by atoms with E-state index in [0.29, 0.717) is 17.4 Å². The average Bonchev–Trinajstić information content (AvgIpc) is 2.77. The Balaban J connectivity index is 1.99. The van der Waals surface area contributed by atoms with E-state index in [1.165, 1.54) is 6.92 Å². The van der Waals surface area contributed by atoms with Crippen molar-refractivity contribution >= 4 is 23.6 Å². The zero-order valence-corrected chi connectivity index (χ0v) is 21.1. The third kappa shape index (κ3) is 8.07. The van der Waals surface area contributed by atoms with E-state index in [9.17, 15) is 28.4 Å². The van der Waals surface area contributed by atoms with Crippen molar-refractivity contribution in [1.82, 2.24) is 20.2 Å². The van der Waals surface area contributed by atoms with Crippen LogP contribution < -0.4 is 27.2 Å². The average molecular weight is 506 g/mol. The van der Waals surface area contributed by atoms with Crippen LogP contribution in [-0.2, 0) is 20.9 Å². The Kier molecular flexibility index (Phi) is 9.15. The molecule has 36 heavy (non-hydrogen) atoms. The minimum absolute atomic E-state index is 0.159. The fourth-order valence-electron chi connectivity index (χ4n) is 3.09. The first kappa shape index (κ1) is 28.3. The highest BCUT2D eigenvalue weighted by molar-refractivity contribution is 5.98. The van der Waals surface area contributed by atoms with Gasteiger partial charge in [0.15, 0.2) is 0 Å². The molecule has 0 unspecified atom stereocenters. The van der Waals surface area contributed by atoms with Gasteiger partial charge in [-0.15, -0.1) is 0 Å². The molecule has 0 saturated carbocycles. The summed E-state index contributed by atoms with van der Waals surface area (Å²) in [4.78, 5) is 63.1. The van der Waals surface area contributed by atoms with Gasteiger partial charge in [0.25, 0.3) is 5.56 Å². The van der Waals surface area contributed by atoms with Gasteiger partial charge in [-0.1, -0.05) is 26.0 Å². The highest BCUT2D eigenvalue weighted by Crippen LogP contribution is 2.12. The first-order chi connectivity index (χ1) is 16.7. The van der Waals surface area contributed by atoms with Gasteiger partial charge in [-0.2, -0.15) is 4.39 Å². The summed E-state index contributed by atoms with van der Waals surface area (Å²) in [5.41, 5.74) is -1.59. The summed E-state index contributed by atoms with van der Waals surface area (Å²) in [6.45, 7) is 9.95. The van der Waals surface area contributed by atoms with Crippen LogP contribution in [0.25, 0.3) is 0 Å². The molecule has 196 valence electrons. The third-order valence-corrected chi connectivity index (χ3v) is 4.95. The third-order valence-electron chi connectivity index (χ3n) is 4.95. The number of anilines is 1. The van der Waals surface area contributed by atoms with E-state index in [0.717, 1.165) is 4.57 Å². The van der Waals surface area contributed by atoms with E-state index in [1.54, 1.807) is 58.9 Å². The number of hydrogen-bond donors (Lipinski definition) is 4. The Labute approximate surface area is 207 Å². The summed E-state index contributed by atoms with van der Waals surface area (Å²) in [5, 5.41) is 7.75. The lowest BCUT2D eigenvalue weighted by Gasteiger charge is -2.26. The molecular weight excluding hydrogens is 473 g/mol. The number of halogens is 1. The predicted octanol–water partition coefficient (Wildman–Crippen LogP) is 1.72. The maximum atomic E-state index is 13.4. The lowest BCUT2D eigenvalue weighted by molar-refractivity contribution is -0.128.